The van der Waals surface area contributed by atoms with Gasteiger partial charge in [0.25, 0.3) is 0 Å². The van der Waals surface area contributed by atoms with E-state index in [0.29, 0.717) is 23.9 Å². The number of hydrogen-bond donors (Lipinski definition) is 5. The summed E-state index contributed by atoms with van der Waals surface area (Å²) in [6.45, 7) is -0.620. The van der Waals surface area contributed by atoms with Crippen LogP contribution in [0.4, 0.5) is 0 Å². The molecule has 1 aliphatic heterocycles. The maximum absolute atomic E-state index is 11.1. The summed E-state index contributed by atoms with van der Waals surface area (Å²) in [5, 5.41) is 41.8. The van der Waals surface area contributed by atoms with Gasteiger partial charge in [0, 0.05) is 29.2 Å². The molecule has 1 saturated heterocycles. The number of rotatable bonds is 8. The third-order valence-electron chi connectivity index (χ3n) is 3.16. The Morgan fingerprint density at radius 2 is 1.92 bits per heavy atom. The van der Waals surface area contributed by atoms with E-state index >= 15 is 0 Å². The Balaban J connectivity index is 2.85. The molecule has 1 heterocycles. The van der Waals surface area contributed by atoms with Crippen LogP contribution in [0.2, 0.25) is 0 Å². The molecular weight excluding hydrogens is 402 g/mol. The second-order valence-electron chi connectivity index (χ2n) is 5.18. The van der Waals surface area contributed by atoms with Gasteiger partial charge in [0.2, 0.25) is 0 Å². The lowest BCUT2D eigenvalue weighted by molar-refractivity contribution is -0.205. The molecule has 5 N–H and O–H groups in total. The van der Waals surface area contributed by atoms with Crippen LogP contribution in [0.3, 0.4) is 0 Å². The van der Waals surface area contributed by atoms with Crippen LogP contribution in [0, 0.1) is 0 Å². The number of hydrogen-bond acceptors (Lipinski definition) is 11. The van der Waals surface area contributed by atoms with Gasteiger partial charge in [-0.05, 0) is 6.42 Å². The number of aliphatic hydroxyl groups excluding tert-OH is 4. The topological polar surface area (TPSA) is 183 Å². The maximum Gasteiger partial charge on any atom is 0.466 e. The molecule has 14 heteroatoms. The summed E-state index contributed by atoms with van der Waals surface area (Å²) in [6.07, 6.45) is -3.92. The summed E-state index contributed by atoms with van der Waals surface area (Å²) in [5.74, 6) is 0.292. The van der Waals surface area contributed by atoms with E-state index in [2.05, 4.69) is 9.44 Å². The lowest BCUT2D eigenvalue weighted by Crippen LogP contribution is -2.57. The van der Waals surface area contributed by atoms with Gasteiger partial charge in [-0.3, -0.25) is 8.76 Å². The second-order valence-corrected chi connectivity index (χ2v) is 8.91. The summed E-state index contributed by atoms with van der Waals surface area (Å²) in [5.41, 5.74) is -1.19. The van der Waals surface area contributed by atoms with Crippen LogP contribution in [0.5, 0.6) is 0 Å². The molecule has 1 fully saturated rings. The van der Waals surface area contributed by atoms with Crippen molar-refractivity contribution in [2.75, 3.05) is 18.6 Å². The molecule has 1 aliphatic rings. The largest absolute Gasteiger partial charge is 0.466 e. The molecule has 25 heavy (non-hydrogen) atoms. The van der Waals surface area contributed by atoms with Gasteiger partial charge in [0.15, 0.2) is 0 Å². The summed E-state index contributed by atoms with van der Waals surface area (Å²) in [4.78, 5) is 0. The zero-order chi connectivity index (χ0) is 19.2. The highest BCUT2D eigenvalue weighted by Gasteiger charge is 2.44. The Labute approximate surface area is 151 Å². The zero-order valence-electron chi connectivity index (χ0n) is 13.2. The third-order valence-corrected chi connectivity index (χ3v) is 5.46. The van der Waals surface area contributed by atoms with Crippen molar-refractivity contribution in [3.05, 3.63) is 0 Å². The summed E-state index contributed by atoms with van der Waals surface area (Å²) >= 11 is 0.687. The molecule has 0 bridgehead atoms. The SMILES string of the molecule is CS(=O)CCCC(=NOS(=O)(=O)O)SC1OC(CO)C(O)C(O)C1O. The minimum Gasteiger partial charge on any atom is -0.394 e. The molecule has 1 rings (SSSR count). The van der Waals surface area contributed by atoms with E-state index in [9.17, 15) is 27.9 Å². The normalized spacial score (nSPS) is 32.4. The lowest BCUT2D eigenvalue weighted by atomic mass is 10.0. The van der Waals surface area contributed by atoms with Gasteiger partial charge in [-0.1, -0.05) is 16.9 Å². The van der Waals surface area contributed by atoms with Crippen molar-refractivity contribution < 1.29 is 46.6 Å². The quantitative estimate of drug-likeness (QED) is 0.124. The van der Waals surface area contributed by atoms with Crippen molar-refractivity contribution in [1.82, 2.24) is 0 Å². The second kappa shape index (κ2) is 10.1. The Morgan fingerprint density at radius 1 is 1.28 bits per heavy atom. The highest BCUT2D eigenvalue weighted by molar-refractivity contribution is 8.14. The van der Waals surface area contributed by atoms with Crippen LogP contribution in [0.15, 0.2) is 5.16 Å². The van der Waals surface area contributed by atoms with E-state index in [1.54, 1.807) is 0 Å². The maximum atomic E-state index is 11.1. The number of oxime groups is 1. The smallest absolute Gasteiger partial charge is 0.394 e. The number of nitrogens with zero attached hydrogens (tertiary/aromatic N) is 1. The number of thioether (sulfide) groups is 1. The zero-order valence-corrected chi connectivity index (χ0v) is 15.6. The van der Waals surface area contributed by atoms with Crippen LogP contribution in [-0.4, -0.2) is 91.1 Å². The molecule has 11 nitrogen and oxygen atoms in total. The van der Waals surface area contributed by atoms with Gasteiger partial charge in [0.1, 0.15) is 34.9 Å². The van der Waals surface area contributed by atoms with E-state index in [1.165, 1.54) is 6.26 Å². The van der Waals surface area contributed by atoms with Crippen LogP contribution < -0.4 is 0 Å². The molecular formula is C11H21NO10S3. The Hall–Kier alpha value is -0.320. The van der Waals surface area contributed by atoms with E-state index in [1.807, 2.05) is 0 Å². The van der Waals surface area contributed by atoms with Crippen molar-refractivity contribution in [1.29, 1.82) is 0 Å². The first-order chi connectivity index (χ1) is 11.5. The first kappa shape index (κ1) is 22.7. The molecule has 6 unspecified atom stereocenters. The highest BCUT2D eigenvalue weighted by Crippen LogP contribution is 2.30. The predicted octanol–water partition coefficient (Wildman–Crippen LogP) is -2.19. The van der Waals surface area contributed by atoms with Gasteiger partial charge in [-0.2, -0.15) is 8.42 Å². The molecule has 0 amide bonds. The van der Waals surface area contributed by atoms with Gasteiger partial charge in [-0.15, -0.1) is 0 Å². The number of ether oxygens (including phenoxy) is 1. The minimum atomic E-state index is -4.84. The monoisotopic (exact) mass is 423 g/mol. The first-order valence-electron chi connectivity index (χ1n) is 7.05. The van der Waals surface area contributed by atoms with Crippen LogP contribution >= 0.6 is 11.8 Å². The molecule has 6 atom stereocenters. The lowest BCUT2D eigenvalue weighted by Gasteiger charge is -2.39. The van der Waals surface area contributed by atoms with Crippen LogP contribution in [0.1, 0.15) is 12.8 Å². The fourth-order valence-electron chi connectivity index (χ4n) is 1.94. The van der Waals surface area contributed by atoms with Gasteiger partial charge in [-0.25, -0.2) is 4.28 Å². The fraction of sp³-hybridized carbons (Fsp3) is 0.909. The average molecular weight is 423 g/mol. The van der Waals surface area contributed by atoms with Crippen molar-refractivity contribution in [3.63, 3.8) is 0 Å². The third kappa shape index (κ3) is 7.84. The highest BCUT2D eigenvalue weighted by atomic mass is 32.3. The van der Waals surface area contributed by atoms with Crippen molar-refractivity contribution >= 4 is 38.0 Å². The van der Waals surface area contributed by atoms with Crippen LogP contribution in [-0.2, 0) is 30.2 Å². The summed E-state index contributed by atoms with van der Waals surface area (Å²) in [7, 11) is -5.94. The van der Waals surface area contributed by atoms with Gasteiger partial charge in [0.05, 0.1) is 6.61 Å². The summed E-state index contributed by atoms with van der Waals surface area (Å²) in [6, 6.07) is 0. The Bertz CT molecular complexity index is 581. The molecule has 0 aliphatic carbocycles. The molecule has 0 aromatic heterocycles. The molecule has 0 radical (unpaired) electrons. The van der Waals surface area contributed by atoms with Gasteiger partial charge >= 0.3 is 10.4 Å². The Morgan fingerprint density at radius 3 is 2.44 bits per heavy atom. The molecule has 0 spiro atoms. The van der Waals surface area contributed by atoms with E-state index in [-0.39, 0.29) is 11.5 Å². The molecule has 0 aromatic carbocycles. The first-order valence-corrected chi connectivity index (χ1v) is 11.0. The van der Waals surface area contributed by atoms with Crippen molar-refractivity contribution in [3.8, 4) is 0 Å². The van der Waals surface area contributed by atoms with E-state index < -0.39 is 57.7 Å². The van der Waals surface area contributed by atoms with E-state index in [0.717, 1.165) is 0 Å². The Kier molecular flexibility index (Phi) is 9.20. The van der Waals surface area contributed by atoms with Crippen LogP contribution in [0.25, 0.3) is 0 Å². The minimum absolute atomic E-state index is 0.0209. The number of aliphatic hydroxyl groups is 4. The molecule has 148 valence electrons. The van der Waals surface area contributed by atoms with E-state index in [4.69, 9.17) is 14.4 Å². The standard InChI is InChI=1S/C11H21NO10S3/c1-24(17)4-2-3-7(12-22-25(18,19)20)23-11-10(16)9(15)8(14)6(5-13)21-11/h6,8-11,13-16H,2-5H2,1H3,(H,18,19,20). The van der Waals surface area contributed by atoms with Crippen molar-refractivity contribution in [2.45, 2.75) is 42.7 Å². The molecule has 0 saturated carbocycles. The molecule has 0 aromatic rings. The predicted molar refractivity (Wildman–Crippen MR) is 89.6 cm³/mol. The van der Waals surface area contributed by atoms with Crippen molar-refractivity contribution in [2.24, 2.45) is 5.16 Å². The fourth-order valence-corrected chi connectivity index (χ4v) is 3.83. The van der Waals surface area contributed by atoms with Gasteiger partial charge < -0.3 is 25.2 Å². The average Bonchev–Trinajstić information content (AvgIpc) is 2.51. The summed E-state index contributed by atoms with van der Waals surface area (Å²) < 4.78 is 50.2.